The summed E-state index contributed by atoms with van der Waals surface area (Å²) in [4.78, 5) is 11.9. The fourth-order valence-corrected chi connectivity index (χ4v) is 3.93. The second-order valence-corrected chi connectivity index (χ2v) is 8.62. The number of halogens is 1. The molecule has 2 aromatic rings. The molecule has 1 fully saturated rings. The number of hydrogen-bond donors (Lipinski definition) is 1. The highest BCUT2D eigenvalue weighted by Gasteiger charge is 2.20. The van der Waals surface area contributed by atoms with Crippen LogP contribution in [0.4, 0.5) is 4.39 Å². The number of benzene rings is 1. The third-order valence-corrected chi connectivity index (χ3v) is 5.39. The van der Waals surface area contributed by atoms with E-state index in [4.69, 9.17) is 9.52 Å². The van der Waals surface area contributed by atoms with Gasteiger partial charge in [-0.05, 0) is 50.2 Å². The largest absolute Gasteiger partial charge is 0.420 e. The van der Waals surface area contributed by atoms with Gasteiger partial charge in [0.05, 0.1) is 5.52 Å². The highest BCUT2D eigenvalue weighted by Crippen LogP contribution is 2.34. The van der Waals surface area contributed by atoms with Crippen LogP contribution in [0.2, 0.25) is 0 Å². The fourth-order valence-electron chi connectivity index (χ4n) is 3.93. The predicted octanol–water partition coefficient (Wildman–Crippen LogP) is 6.85. The molecule has 0 unspecified atom stereocenters. The Morgan fingerprint density at radius 1 is 1.10 bits per heavy atom. The first-order valence-corrected chi connectivity index (χ1v) is 11.2. The third-order valence-electron chi connectivity index (χ3n) is 5.39. The van der Waals surface area contributed by atoms with Gasteiger partial charge in [0.25, 0.3) is 0 Å². The van der Waals surface area contributed by atoms with Gasteiger partial charge in [0.1, 0.15) is 5.82 Å². The van der Waals surface area contributed by atoms with Gasteiger partial charge in [0, 0.05) is 18.7 Å². The molecule has 4 nitrogen and oxygen atoms in total. The van der Waals surface area contributed by atoms with Gasteiger partial charge < -0.3 is 9.52 Å². The number of aliphatic hydroxyl groups excluding tert-OH is 1. The normalized spacial score (nSPS) is 15.4. The van der Waals surface area contributed by atoms with E-state index in [-0.39, 0.29) is 24.2 Å². The van der Waals surface area contributed by atoms with Crippen LogP contribution in [-0.2, 0) is 0 Å². The van der Waals surface area contributed by atoms with Crippen molar-refractivity contribution in [3.63, 3.8) is 0 Å². The lowest BCUT2D eigenvalue weighted by molar-refractivity contribution is 0.244. The summed E-state index contributed by atoms with van der Waals surface area (Å²) in [5.41, 5.74) is 1.70. The Bertz CT molecular complexity index is 749. The SMILES string of the molecule is CC1(C)CCCCC1.CCCC(CCC)n1c(=O)oc2ccc(F)cc21.CCO. The summed E-state index contributed by atoms with van der Waals surface area (Å²) in [6, 6.07) is 4.29. The molecule has 0 saturated heterocycles. The first-order chi connectivity index (χ1) is 13.8. The Balaban J connectivity index is 0.000000317. The molecule has 0 bridgehead atoms. The summed E-state index contributed by atoms with van der Waals surface area (Å²) in [6.07, 6.45) is 11.1. The molecule has 1 aliphatic rings. The average Bonchev–Trinajstić information content (AvgIpc) is 2.97. The van der Waals surface area contributed by atoms with E-state index in [1.54, 1.807) is 11.5 Å². The molecule has 5 heteroatoms. The number of aromatic nitrogens is 1. The van der Waals surface area contributed by atoms with Gasteiger partial charge in [-0.25, -0.2) is 9.18 Å². The van der Waals surface area contributed by atoms with Gasteiger partial charge in [-0.2, -0.15) is 0 Å². The molecule has 0 spiro atoms. The van der Waals surface area contributed by atoms with Gasteiger partial charge in [-0.1, -0.05) is 59.8 Å². The van der Waals surface area contributed by atoms with Crippen LogP contribution in [0, 0.1) is 11.2 Å². The van der Waals surface area contributed by atoms with Gasteiger partial charge in [0.2, 0.25) is 0 Å². The van der Waals surface area contributed by atoms with Gasteiger partial charge in [-0.15, -0.1) is 0 Å². The third kappa shape index (κ3) is 8.33. The maximum absolute atomic E-state index is 13.3. The lowest BCUT2D eigenvalue weighted by Crippen LogP contribution is -2.20. The Hall–Kier alpha value is -1.62. The van der Waals surface area contributed by atoms with E-state index in [1.165, 1.54) is 50.3 Å². The number of oxazole rings is 1. The summed E-state index contributed by atoms with van der Waals surface area (Å²) in [7, 11) is 0. The predicted molar refractivity (Wildman–Crippen MR) is 119 cm³/mol. The Morgan fingerprint density at radius 3 is 2.10 bits per heavy atom. The van der Waals surface area contributed by atoms with E-state index in [0.717, 1.165) is 25.7 Å². The van der Waals surface area contributed by atoms with Crippen molar-refractivity contribution in [1.82, 2.24) is 4.57 Å². The number of hydrogen-bond acceptors (Lipinski definition) is 3. The summed E-state index contributed by atoms with van der Waals surface area (Å²) >= 11 is 0. The van der Waals surface area contributed by atoms with Crippen LogP contribution in [0.15, 0.2) is 27.4 Å². The van der Waals surface area contributed by atoms with Crippen LogP contribution in [0.1, 0.15) is 98.4 Å². The molecule has 0 radical (unpaired) electrons. The van der Waals surface area contributed by atoms with Crippen LogP contribution < -0.4 is 5.76 Å². The fraction of sp³-hybridized carbons (Fsp3) is 0.708. The molecule has 1 heterocycles. The highest BCUT2D eigenvalue weighted by molar-refractivity contribution is 5.72. The molecule has 3 rings (SSSR count). The number of nitrogens with zero attached hydrogens (tertiary/aromatic N) is 1. The average molecular weight is 410 g/mol. The zero-order valence-electron chi connectivity index (χ0n) is 19.0. The first kappa shape index (κ1) is 25.4. The van der Waals surface area contributed by atoms with Crippen molar-refractivity contribution in [1.29, 1.82) is 0 Å². The Labute approximate surface area is 175 Å². The quantitative estimate of drug-likeness (QED) is 0.587. The molecule has 29 heavy (non-hydrogen) atoms. The highest BCUT2D eigenvalue weighted by atomic mass is 19.1. The summed E-state index contributed by atoms with van der Waals surface area (Å²) in [6.45, 7) is 10.9. The van der Waals surface area contributed by atoms with E-state index >= 15 is 0 Å². The zero-order valence-corrected chi connectivity index (χ0v) is 19.0. The minimum Gasteiger partial charge on any atom is -0.408 e. The summed E-state index contributed by atoms with van der Waals surface area (Å²) in [5.74, 6) is -0.730. The van der Waals surface area contributed by atoms with Crippen LogP contribution in [-0.4, -0.2) is 16.3 Å². The van der Waals surface area contributed by atoms with Crippen LogP contribution in [0.5, 0.6) is 0 Å². The van der Waals surface area contributed by atoms with Gasteiger partial charge in [-0.3, -0.25) is 4.57 Å². The molecule has 1 saturated carbocycles. The van der Waals surface area contributed by atoms with E-state index in [1.807, 2.05) is 0 Å². The molecule has 166 valence electrons. The maximum atomic E-state index is 13.3. The lowest BCUT2D eigenvalue weighted by atomic mass is 9.78. The van der Waals surface area contributed by atoms with Crippen molar-refractivity contribution in [3.05, 3.63) is 34.6 Å². The molecule has 1 aromatic carbocycles. The standard InChI is InChI=1S/C14H18FNO2.C8H16.C2H6O/c1-3-5-11(6-4-2)16-12-9-10(15)7-8-13(12)18-14(16)17;1-8(2)6-4-3-5-7-8;1-2-3/h7-9,11H,3-6H2,1-2H3;3-7H2,1-2H3;3H,2H2,1H3. The maximum Gasteiger partial charge on any atom is 0.420 e. The molecule has 1 N–H and O–H groups in total. The van der Waals surface area contributed by atoms with Crippen LogP contribution >= 0.6 is 0 Å². The summed E-state index contributed by atoms with van der Waals surface area (Å²) < 4.78 is 20.1. The van der Waals surface area contributed by atoms with Crippen molar-refractivity contribution >= 4 is 11.1 Å². The van der Waals surface area contributed by atoms with Crippen molar-refractivity contribution in [2.45, 2.75) is 98.4 Å². The van der Waals surface area contributed by atoms with Crippen molar-refractivity contribution in [2.75, 3.05) is 6.61 Å². The van der Waals surface area contributed by atoms with E-state index in [0.29, 0.717) is 16.5 Å². The zero-order chi connectivity index (χ0) is 21.9. The van der Waals surface area contributed by atoms with Crippen LogP contribution in [0.25, 0.3) is 11.1 Å². The van der Waals surface area contributed by atoms with Crippen molar-refractivity contribution in [2.24, 2.45) is 5.41 Å². The van der Waals surface area contributed by atoms with E-state index in [9.17, 15) is 9.18 Å². The second kappa shape index (κ2) is 12.8. The second-order valence-electron chi connectivity index (χ2n) is 8.62. The van der Waals surface area contributed by atoms with E-state index < -0.39 is 0 Å². The van der Waals surface area contributed by atoms with Gasteiger partial charge in [0.15, 0.2) is 5.58 Å². The monoisotopic (exact) mass is 409 g/mol. The number of rotatable bonds is 5. The van der Waals surface area contributed by atoms with Crippen LogP contribution in [0.3, 0.4) is 0 Å². The van der Waals surface area contributed by atoms with Gasteiger partial charge >= 0.3 is 5.76 Å². The number of aliphatic hydroxyl groups is 1. The molecule has 1 aliphatic carbocycles. The Morgan fingerprint density at radius 2 is 1.66 bits per heavy atom. The molecular formula is C24H40FNO3. The molecule has 0 atom stereocenters. The van der Waals surface area contributed by atoms with Crippen molar-refractivity contribution < 1.29 is 13.9 Å². The molecule has 1 aromatic heterocycles. The number of fused-ring (bicyclic) bond motifs is 1. The lowest BCUT2D eigenvalue weighted by Gasteiger charge is -2.28. The smallest absolute Gasteiger partial charge is 0.408 e. The molecular weight excluding hydrogens is 369 g/mol. The topological polar surface area (TPSA) is 55.4 Å². The van der Waals surface area contributed by atoms with Crippen molar-refractivity contribution in [3.8, 4) is 0 Å². The Kier molecular flexibility index (Phi) is 11.3. The minimum atomic E-state index is -0.387. The molecule has 0 aliphatic heterocycles. The summed E-state index contributed by atoms with van der Waals surface area (Å²) in [5, 5.41) is 7.57. The van der Waals surface area contributed by atoms with E-state index in [2.05, 4.69) is 27.7 Å². The first-order valence-electron chi connectivity index (χ1n) is 11.2. The molecule has 0 amide bonds. The minimum absolute atomic E-state index is 0.0931.